The lowest BCUT2D eigenvalue weighted by molar-refractivity contribution is -0.323. The van der Waals surface area contributed by atoms with Crippen molar-refractivity contribution in [2.24, 2.45) is 34.5 Å². The summed E-state index contributed by atoms with van der Waals surface area (Å²) >= 11 is 0. The molecule has 6 fully saturated rings. The molecule has 6 aliphatic rings. The van der Waals surface area contributed by atoms with Crippen molar-refractivity contribution in [2.75, 3.05) is 48.1 Å². The van der Waals surface area contributed by atoms with Gasteiger partial charge in [0.15, 0.2) is 5.60 Å². The van der Waals surface area contributed by atoms with E-state index in [2.05, 4.69) is 11.8 Å². The van der Waals surface area contributed by atoms with E-state index in [1.807, 2.05) is 6.92 Å². The second kappa shape index (κ2) is 12.5. The van der Waals surface area contributed by atoms with Crippen LogP contribution in [0.4, 0.5) is 0 Å². The largest absolute Gasteiger partial charge is 0.455 e. The molecule has 49 heavy (non-hydrogen) atoms. The molecule has 1 aromatic carbocycles. The summed E-state index contributed by atoms with van der Waals surface area (Å²) in [5, 5.41) is 37.7. The van der Waals surface area contributed by atoms with E-state index in [4.69, 9.17) is 28.4 Å². The molecular formula is C37H53NO11. The maximum atomic E-state index is 14.0. The standard InChI is InChI=1S/C37H53NO11/c1-7-9-15-24(40)49-37-25-21(17-35(43,32(47-6)30(37)41)31(25)48-33(42)20-13-11-10-12-14-20)36-23(45-4)16-22(39)34(19-44-3)18-38(8-2)29(36)26(37)27(46-5)28(34)36/h10-14,21-23,25-32,39,41,43H,7-9,15-19H2,1-6H3/t21-,22-,23+,25-,26+,27+,28-,29?,30+,31-,32+,34+,35-,36+,37-/m1/s1. The maximum Gasteiger partial charge on any atom is 0.338 e. The van der Waals surface area contributed by atoms with Crippen molar-refractivity contribution in [1.82, 2.24) is 4.90 Å². The Morgan fingerprint density at radius 1 is 0.980 bits per heavy atom. The van der Waals surface area contributed by atoms with Gasteiger partial charge in [-0.25, -0.2) is 4.79 Å². The van der Waals surface area contributed by atoms with Crippen LogP contribution in [-0.2, 0) is 33.2 Å². The number of hydrogen-bond donors (Lipinski definition) is 3. The molecule has 272 valence electrons. The van der Waals surface area contributed by atoms with E-state index in [0.29, 0.717) is 31.5 Å². The number of likely N-dealkylation sites (tertiary alicyclic amines) is 1. The van der Waals surface area contributed by atoms with Crippen molar-refractivity contribution in [3.63, 3.8) is 0 Å². The van der Waals surface area contributed by atoms with Crippen LogP contribution in [0.1, 0.15) is 56.3 Å². The number of unbranched alkanes of at least 4 members (excludes halogenated alkanes) is 1. The molecule has 0 radical (unpaired) electrons. The molecule has 1 unspecified atom stereocenters. The molecule has 0 amide bonds. The van der Waals surface area contributed by atoms with E-state index in [1.54, 1.807) is 51.7 Å². The van der Waals surface area contributed by atoms with Gasteiger partial charge in [-0.1, -0.05) is 38.5 Å². The number of carbonyl (C=O) groups is 2. The number of esters is 2. The van der Waals surface area contributed by atoms with Crippen LogP contribution in [0, 0.1) is 34.5 Å². The molecule has 7 rings (SSSR count). The minimum absolute atomic E-state index is 0.0843. The Kier molecular flexibility index (Phi) is 9.00. The van der Waals surface area contributed by atoms with Crippen LogP contribution in [-0.4, -0.2) is 134 Å². The highest BCUT2D eigenvalue weighted by Gasteiger charge is 2.92. The summed E-state index contributed by atoms with van der Waals surface area (Å²) in [7, 11) is 6.33. The van der Waals surface area contributed by atoms with Gasteiger partial charge in [-0.15, -0.1) is 0 Å². The number of aliphatic hydroxyl groups excluding tert-OH is 2. The van der Waals surface area contributed by atoms with Gasteiger partial charge in [-0.3, -0.25) is 9.69 Å². The normalized spacial score (nSPS) is 47.6. The first kappa shape index (κ1) is 35.3. The molecular weight excluding hydrogens is 634 g/mol. The van der Waals surface area contributed by atoms with Gasteiger partial charge in [0, 0.05) is 82.5 Å². The van der Waals surface area contributed by atoms with Crippen molar-refractivity contribution in [3.8, 4) is 0 Å². The highest BCUT2D eigenvalue weighted by Crippen LogP contribution is 2.80. The Hall–Kier alpha value is -2.16. The predicted octanol–water partition coefficient (Wildman–Crippen LogP) is 1.82. The van der Waals surface area contributed by atoms with Crippen LogP contribution >= 0.6 is 0 Å². The van der Waals surface area contributed by atoms with Crippen LogP contribution < -0.4 is 0 Å². The third kappa shape index (κ3) is 4.32. The molecule has 1 heterocycles. The van der Waals surface area contributed by atoms with E-state index < -0.39 is 88.3 Å². The lowest BCUT2D eigenvalue weighted by atomic mass is 9.42. The molecule has 12 nitrogen and oxygen atoms in total. The first-order valence-corrected chi connectivity index (χ1v) is 17.9. The molecule has 1 spiro atoms. The van der Waals surface area contributed by atoms with Gasteiger partial charge in [0.2, 0.25) is 0 Å². The van der Waals surface area contributed by atoms with Crippen molar-refractivity contribution in [3.05, 3.63) is 35.9 Å². The van der Waals surface area contributed by atoms with Crippen LogP contribution in [0.25, 0.3) is 0 Å². The van der Waals surface area contributed by atoms with E-state index in [0.717, 1.165) is 6.42 Å². The fourth-order valence-electron chi connectivity index (χ4n) is 12.6. The second-order valence-corrected chi connectivity index (χ2v) is 15.4. The summed E-state index contributed by atoms with van der Waals surface area (Å²) in [5.41, 5.74) is -4.79. The van der Waals surface area contributed by atoms with Gasteiger partial charge in [0.25, 0.3) is 0 Å². The number of carbonyl (C=O) groups excluding carboxylic acids is 2. The topological polar surface area (TPSA) is 153 Å². The van der Waals surface area contributed by atoms with E-state index in [-0.39, 0.29) is 31.4 Å². The number of hydrogen-bond acceptors (Lipinski definition) is 12. The fourth-order valence-corrected chi connectivity index (χ4v) is 12.6. The molecule has 0 aromatic heterocycles. The zero-order valence-corrected chi connectivity index (χ0v) is 29.4. The van der Waals surface area contributed by atoms with E-state index >= 15 is 0 Å². The SMILES string of the molecule is CCCCC(=O)O[C@]12[C@H]3[C@@H](OC(=O)c4ccccc4)[C@](O)(C[C@H]3[C@@]34C5[C@@H]1[C@H](OC)[C@@H]3[C@](COC)(CN5CC)[C@H](O)C[C@@H]4OC)[C@@H](OC)[C@@H]2O. The molecule has 1 aliphatic heterocycles. The predicted molar refractivity (Wildman–Crippen MR) is 174 cm³/mol. The van der Waals surface area contributed by atoms with Crippen molar-refractivity contribution in [1.29, 1.82) is 0 Å². The molecule has 15 atom stereocenters. The number of nitrogens with zero attached hydrogens (tertiary/aromatic N) is 1. The quantitative estimate of drug-likeness (QED) is 0.275. The molecule has 12 heteroatoms. The van der Waals surface area contributed by atoms with Crippen LogP contribution in [0.5, 0.6) is 0 Å². The number of rotatable bonds is 12. The molecule has 1 aromatic rings. The number of fused-ring (bicyclic) bond motifs is 2. The lowest BCUT2D eigenvalue weighted by Gasteiger charge is -2.70. The Balaban J connectivity index is 1.52. The zero-order valence-electron chi connectivity index (χ0n) is 29.4. The minimum Gasteiger partial charge on any atom is -0.455 e. The number of ether oxygens (including phenoxy) is 6. The Morgan fingerprint density at radius 3 is 2.33 bits per heavy atom. The Morgan fingerprint density at radius 2 is 1.71 bits per heavy atom. The highest BCUT2D eigenvalue weighted by molar-refractivity contribution is 5.89. The van der Waals surface area contributed by atoms with Crippen molar-refractivity contribution in [2.45, 2.75) is 99.8 Å². The Labute approximate surface area is 288 Å². The summed E-state index contributed by atoms with van der Waals surface area (Å²) in [6.45, 7) is 5.39. The fraction of sp³-hybridized carbons (Fsp3) is 0.784. The van der Waals surface area contributed by atoms with Gasteiger partial charge in [0.05, 0.1) is 30.5 Å². The summed E-state index contributed by atoms with van der Waals surface area (Å²) in [5.74, 6) is -3.50. The zero-order chi connectivity index (χ0) is 35.1. The van der Waals surface area contributed by atoms with Crippen LogP contribution in [0.2, 0.25) is 0 Å². The summed E-state index contributed by atoms with van der Waals surface area (Å²) in [4.78, 5) is 30.2. The number of methoxy groups -OCH3 is 4. The molecule has 7 bridgehead atoms. The van der Waals surface area contributed by atoms with Crippen LogP contribution in [0.3, 0.4) is 0 Å². The van der Waals surface area contributed by atoms with Gasteiger partial charge >= 0.3 is 11.9 Å². The third-order valence-corrected chi connectivity index (χ3v) is 13.9. The second-order valence-electron chi connectivity index (χ2n) is 15.4. The number of piperidine rings is 1. The summed E-state index contributed by atoms with van der Waals surface area (Å²) in [6.07, 6.45) is -3.99. The summed E-state index contributed by atoms with van der Waals surface area (Å²) in [6, 6.07) is 8.24. The molecule has 3 N–H and O–H groups in total. The maximum absolute atomic E-state index is 14.0. The van der Waals surface area contributed by atoms with Crippen molar-refractivity contribution >= 4 is 11.9 Å². The smallest absolute Gasteiger partial charge is 0.338 e. The molecule has 5 saturated carbocycles. The van der Waals surface area contributed by atoms with Gasteiger partial charge in [0.1, 0.15) is 23.9 Å². The first-order chi connectivity index (χ1) is 23.5. The minimum atomic E-state index is -1.83. The lowest BCUT2D eigenvalue weighted by Crippen LogP contribution is -2.81. The third-order valence-electron chi connectivity index (χ3n) is 13.9. The van der Waals surface area contributed by atoms with E-state index in [9.17, 15) is 24.9 Å². The molecule has 5 aliphatic carbocycles. The average molecular weight is 688 g/mol. The highest BCUT2D eigenvalue weighted by atomic mass is 16.6. The van der Waals surface area contributed by atoms with Gasteiger partial charge in [-0.2, -0.15) is 0 Å². The monoisotopic (exact) mass is 687 g/mol. The first-order valence-electron chi connectivity index (χ1n) is 17.9. The Bertz CT molecular complexity index is 1410. The number of benzene rings is 1. The number of aliphatic hydroxyl groups is 3. The molecule has 1 saturated heterocycles. The average Bonchev–Trinajstić information content (AvgIpc) is 3.47. The van der Waals surface area contributed by atoms with E-state index in [1.165, 1.54) is 7.11 Å². The van der Waals surface area contributed by atoms with Crippen molar-refractivity contribution < 1.29 is 53.3 Å². The van der Waals surface area contributed by atoms with Gasteiger partial charge < -0.3 is 43.7 Å². The summed E-state index contributed by atoms with van der Waals surface area (Å²) < 4.78 is 38.0. The van der Waals surface area contributed by atoms with Gasteiger partial charge in [-0.05, 0) is 37.4 Å². The van der Waals surface area contributed by atoms with Crippen LogP contribution in [0.15, 0.2) is 30.3 Å².